The fourth-order valence-corrected chi connectivity index (χ4v) is 3.53. The summed E-state index contributed by atoms with van der Waals surface area (Å²) in [4.78, 5) is 37.0. The van der Waals surface area contributed by atoms with Crippen LogP contribution in [0.4, 0.5) is 0 Å². The Labute approximate surface area is 135 Å². The molecule has 2 rings (SSSR count). The monoisotopic (exact) mass is 328 g/mol. The van der Waals surface area contributed by atoms with Crippen molar-refractivity contribution in [2.75, 3.05) is 19.8 Å². The third kappa shape index (κ3) is 3.34. The van der Waals surface area contributed by atoms with Gasteiger partial charge in [0.15, 0.2) is 5.92 Å². The molecule has 7 nitrogen and oxygen atoms in total. The van der Waals surface area contributed by atoms with Gasteiger partial charge in [0.05, 0.1) is 25.4 Å². The van der Waals surface area contributed by atoms with Gasteiger partial charge in [0, 0.05) is 12.8 Å². The minimum atomic E-state index is -1.28. The van der Waals surface area contributed by atoms with Gasteiger partial charge in [0.1, 0.15) is 11.5 Å². The van der Waals surface area contributed by atoms with E-state index in [1.54, 1.807) is 13.8 Å². The second kappa shape index (κ2) is 6.47. The number of hydrogen-bond acceptors (Lipinski definition) is 7. The summed E-state index contributed by atoms with van der Waals surface area (Å²) >= 11 is 0. The van der Waals surface area contributed by atoms with E-state index >= 15 is 0 Å². The highest BCUT2D eigenvalue weighted by molar-refractivity contribution is 6.02. The molecule has 3 atom stereocenters. The maximum Gasteiger partial charge on any atom is 0.321 e. The van der Waals surface area contributed by atoms with Gasteiger partial charge in [-0.2, -0.15) is 0 Å². The van der Waals surface area contributed by atoms with Gasteiger partial charge >= 0.3 is 17.9 Å². The largest absolute Gasteiger partial charge is 0.466 e. The molecular formula is C16H24O7. The van der Waals surface area contributed by atoms with E-state index in [1.165, 1.54) is 0 Å². The number of carbonyl (C=O) groups is 3. The fraction of sp³-hybridized carbons (Fsp3) is 0.812. The van der Waals surface area contributed by atoms with E-state index < -0.39 is 40.9 Å². The van der Waals surface area contributed by atoms with Crippen molar-refractivity contribution in [1.29, 1.82) is 0 Å². The highest BCUT2D eigenvalue weighted by atomic mass is 16.6. The van der Waals surface area contributed by atoms with Crippen molar-refractivity contribution in [2.24, 2.45) is 11.8 Å². The first-order chi connectivity index (χ1) is 10.8. The zero-order chi connectivity index (χ0) is 17.3. The molecule has 0 saturated carbocycles. The minimum absolute atomic E-state index is 0.125. The standard InChI is InChI=1S/C16H24O7/c1-5-20-12(17)10-11(14(19)21-6-2)16(23-13(10)18)7-8-22-15(3,4)9-16/h10-11H,5-9H2,1-4H3/t10-,11-,16+/m1/s1. The average Bonchev–Trinajstić information content (AvgIpc) is 2.69. The predicted octanol–water partition coefficient (Wildman–Crippen LogP) is 1.23. The molecular weight excluding hydrogens is 304 g/mol. The van der Waals surface area contributed by atoms with E-state index in [2.05, 4.69) is 0 Å². The van der Waals surface area contributed by atoms with Crippen LogP contribution in [0, 0.1) is 11.8 Å². The van der Waals surface area contributed by atoms with Crippen molar-refractivity contribution in [3.63, 3.8) is 0 Å². The summed E-state index contributed by atoms with van der Waals surface area (Å²) in [5.74, 6) is -4.34. The Balaban J connectivity index is 2.39. The van der Waals surface area contributed by atoms with Crippen molar-refractivity contribution in [1.82, 2.24) is 0 Å². The average molecular weight is 328 g/mol. The molecule has 130 valence electrons. The van der Waals surface area contributed by atoms with E-state index in [4.69, 9.17) is 18.9 Å². The first kappa shape index (κ1) is 17.7. The van der Waals surface area contributed by atoms with Crippen LogP contribution in [-0.4, -0.2) is 48.9 Å². The quantitative estimate of drug-likeness (QED) is 0.436. The lowest BCUT2D eigenvalue weighted by Gasteiger charge is -2.43. The second-order valence-electron chi connectivity index (χ2n) is 6.48. The first-order valence-electron chi connectivity index (χ1n) is 7.96. The number of hydrogen-bond donors (Lipinski definition) is 0. The highest BCUT2D eigenvalue weighted by Crippen LogP contribution is 2.48. The van der Waals surface area contributed by atoms with E-state index in [0.717, 1.165) is 0 Å². The first-order valence-corrected chi connectivity index (χ1v) is 7.96. The highest BCUT2D eigenvalue weighted by Gasteiger charge is 2.65. The molecule has 0 radical (unpaired) electrons. The lowest BCUT2D eigenvalue weighted by atomic mass is 9.72. The normalized spacial score (nSPS) is 32.4. The molecule has 0 unspecified atom stereocenters. The molecule has 2 fully saturated rings. The zero-order valence-corrected chi connectivity index (χ0v) is 14.0. The molecule has 2 saturated heterocycles. The van der Waals surface area contributed by atoms with E-state index in [0.29, 0.717) is 19.4 Å². The number of ether oxygens (including phenoxy) is 4. The summed E-state index contributed by atoms with van der Waals surface area (Å²) in [6, 6.07) is 0. The molecule has 0 aliphatic carbocycles. The minimum Gasteiger partial charge on any atom is -0.466 e. The SMILES string of the molecule is CCOC(=O)[C@@H]1C(=O)O[C@]2(CCOC(C)(C)C2)[C@H]1C(=O)OCC. The van der Waals surface area contributed by atoms with Crippen LogP contribution >= 0.6 is 0 Å². The van der Waals surface area contributed by atoms with Crippen LogP contribution in [0.2, 0.25) is 0 Å². The number of carbonyl (C=O) groups excluding carboxylic acids is 3. The molecule has 0 aromatic heterocycles. The molecule has 0 aromatic carbocycles. The van der Waals surface area contributed by atoms with Gasteiger partial charge in [0.25, 0.3) is 0 Å². The predicted molar refractivity (Wildman–Crippen MR) is 78.3 cm³/mol. The molecule has 2 aliphatic rings. The van der Waals surface area contributed by atoms with E-state index in [-0.39, 0.29) is 13.2 Å². The molecule has 0 bridgehead atoms. The molecule has 23 heavy (non-hydrogen) atoms. The van der Waals surface area contributed by atoms with Crippen LogP contribution in [0.1, 0.15) is 40.5 Å². The van der Waals surface area contributed by atoms with Crippen molar-refractivity contribution in [3.8, 4) is 0 Å². The summed E-state index contributed by atoms with van der Waals surface area (Å²) in [7, 11) is 0. The molecule has 1 spiro atoms. The summed E-state index contributed by atoms with van der Waals surface area (Å²) < 4.78 is 21.3. The van der Waals surface area contributed by atoms with Gasteiger partial charge in [-0.3, -0.25) is 14.4 Å². The smallest absolute Gasteiger partial charge is 0.321 e. The molecule has 2 heterocycles. The van der Waals surface area contributed by atoms with Gasteiger partial charge in [-0.05, 0) is 27.7 Å². The Bertz CT molecular complexity index is 499. The van der Waals surface area contributed by atoms with Gasteiger partial charge in [-0.25, -0.2) is 0 Å². The molecule has 7 heteroatoms. The second-order valence-corrected chi connectivity index (χ2v) is 6.48. The third-order valence-corrected chi connectivity index (χ3v) is 4.28. The van der Waals surface area contributed by atoms with Crippen LogP contribution in [0.15, 0.2) is 0 Å². The van der Waals surface area contributed by atoms with Crippen molar-refractivity contribution in [3.05, 3.63) is 0 Å². The van der Waals surface area contributed by atoms with Crippen LogP contribution in [0.5, 0.6) is 0 Å². The summed E-state index contributed by atoms with van der Waals surface area (Å²) in [5, 5.41) is 0. The molecule has 0 amide bonds. The molecule has 0 N–H and O–H groups in total. The maximum atomic E-state index is 12.5. The summed E-state index contributed by atoms with van der Waals surface area (Å²) in [5.41, 5.74) is -1.64. The Hall–Kier alpha value is -1.63. The third-order valence-electron chi connectivity index (χ3n) is 4.28. The summed E-state index contributed by atoms with van der Waals surface area (Å²) in [6.45, 7) is 7.67. The van der Waals surface area contributed by atoms with Crippen molar-refractivity contribution in [2.45, 2.75) is 51.7 Å². The molecule has 0 aromatic rings. The van der Waals surface area contributed by atoms with Gasteiger partial charge in [0.2, 0.25) is 0 Å². The molecule has 2 aliphatic heterocycles. The van der Waals surface area contributed by atoms with Gasteiger partial charge in [-0.1, -0.05) is 0 Å². The lowest BCUT2D eigenvalue weighted by molar-refractivity contribution is -0.185. The van der Waals surface area contributed by atoms with Crippen LogP contribution in [0.25, 0.3) is 0 Å². The van der Waals surface area contributed by atoms with Crippen molar-refractivity contribution < 1.29 is 33.3 Å². The van der Waals surface area contributed by atoms with Crippen LogP contribution in [-0.2, 0) is 33.3 Å². The maximum absolute atomic E-state index is 12.5. The van der Waals surface area contributed by atoms with E-state index in [9.17, 15) is 14.4 Å². The van der Waals surface area contributed by atoms with Gasteiger partial charge < -0.3 is 18.9 Å². The van der Waals surface area contributed by atoms with Crippen molar-refractivity contribution >= 4 is 17.9 Å². The topological polar surface area (TPSA) is 88.1 Å². The Morgan fingerprint density at radius 1 is 1.17 bits per heavy atom. The number of esters is 3. The van der Waals surface area contributed by atoms with E-state index in [1.807, 2.05) is 13.8 Å². The lowest BCUT2D eigenvalue weighted by Crippen LogP contribution is -2.53. The number of rotatable bonds is 4. The fourth-order valence-electron chi connectivity index (χ4n) is 3.53. The van der Waals surface area contributed by atoms with Gasteiger partial charge in [-0.15, -0.1) is 0 Å². The van der Waals surface area contributed by atoms with Crippen LogP contribution in [0.3, 0.4) is 0 Å². The Morgan fingerprint density at radius 2 is 1.78 bits per heavy atom. The van der Waals surface area contributed by atoms with Crippen LogP contribution < -0.4 is 0 Å². The Morgan fingerprint density at radius 3 is 2.35 bits per heavy atom. The Kier molecular flexibility index (Phi) is 4.98. The summed E-state index contributed by atoms with van der Waals surface area (Å²) in [6.07, 6.45) is 0.673. The zero-order valence-electron chi connectivity index (χ0n) is 14.0.